The first-order valence-electron chi connectivity index (χ1n) is 7.04. The molecule has 1 N–H and O–H groups in total. The Kier molecular flexibility index (Phi) is 3.20. The van der Waals surface area contributed by atoms with Gasteiger partial charge in [-0.25, -0.2) is 4.98 Å². The number of nitrogens with one attached hydrogen (secondary N) is 1. The molecule has 100 valence electrons. The van der Waals surface area contributed by atoms with Gasteiger partial charge in [-0.2, -0.15) is 0 Å². The lowest BCUT2D eigenvalue weighted by atomic mass is 9.83. The largest absolute Gasteiger partial charge is 0.306 e. The summed E-state index contributed by atoms with van der Waals surface area (Å²) in [4.78, 5) is 7.38. The smallest absolute Gasteiger partial charge is 0.113 e. The standard InChI is InChI=1S/C14H23N3S/c1-4-15-14(13-16-10(2)9-18-13)7-11-5-6-12(8-14)17(11)3/h9,11-12,15H,4-8H2,1-3H3. The van der Waals surface area contributed by atoms with Crippen LogP contribution in [0, 0.1) is 6.92 Å². The molecule has 3 nitrogen and oxygen atoms in total. The van der Waals surface area contributed by atoms with E-state index in [-0.39, 0.29) is 5.54 Å². The van der Waals surface area contributed by atoms with Gasteiger partial charge in [-0.05, 0) is 46.2 Å². The Morgan fingerprint density at radius 3 is 2.61 bits per heavy atom. The van der Waals surface area contributed by atoms with Gasteiger partial charge in [-0.15, -0.1) is 11.3 Å². The van der Waals surface area contributed by atoms with Crippen molar-refractivity contribution in [3.8, 4) is 0 Å². The van der Waals surface area contributed by atoms with Gasteiger partial charge >= 0.3 is 0 Å². The molecule has 0 amide bonds. The van der Waals surface area contributed by atoms with E-state index < -0.39 is 0 Å². The van der Waals surface area contributed by atoms with E-state index in [1.807, 2.05) is 11.3 Å². The third-order valence-corrected chi connectivity index (χ3v) is 5.86. The van der Waals surface area contributed by atoms with E-state index in [9.17, 15) is 0 Å². The second-order valence-electron chi connectivity index (χ2n) is 5.87. The van der Waals surface area contributed by atoms with Gasteiger partial charge in [0.1, 0.15) is 5.01 Å². The number of hydrogen-bond donors (Lipinski definition) is 1. The van der Waals surface area contributed by atoms with Crippen molar-refractivity contribution >= 4 is 11.3 Å². The maximum absolute atomic E-state index is 4.78. The van der Waals surface area contributed by atoms with E-state index in [1.54, 1.807) is 0 Å². The molecule has 2 fully saturated rings. The first kappa shape index (κ1) is 12.6. The molecule has 0 saturated carbocycles. The summed E-state index contributed by atoms with van der Waals surface area (Å²) in [6.45, 7) is 5.34. The highest BCUT2D eigenvalue weighted by molar-refractivity contribution is 7.09. The van der Waals surface area contributed by atoms with Crippen molar-refractivity contribution in [1.82, 2.24) is 15.2 Å². The van der Waals surface area contributed by atoms with Crippen molar-refractivity contribution < 1.29 is 0 Å². The van der Waals surface area contributed by atoms with Crippen LogP contribution in [0.15, 0.2) is 5.38 Å². The molecule has 3 heterocycles. The fourth-order valence-electron chi connectivity index (χ4n) is 3.78. The van der Waals surface area contributed by atoms with Crippen molar-refractivity contribution in [3.63, 3.8) is 0 Å². The molecule has 1 aromatic heterocycles. The number of aromatic nitrogens is 1. The predicted octanol–water partition coefficient (Wildman–Crippen LogP) is 2.51. The Hall–Kier alpha value is -0.450. The minimum Gasteiger partial charge on any atom is -0.306 e. The molecule has 0 spiro atoms. The molecule has 1 aromatic rings. The van der Waals surface area contributed by atoms with Crippen molar-refractivity contribution in [2.45, 2.75) is 57.2 Å². The first-order valence-corrected chi connectivity index (χ1v) is 7.92. The molecule has 0 aliphatic carbocycles. The van der Waals surface area contributed by atoms with Crippen LogP contribution in [-0.2, 0) is 5.54 Å². The maximum Gasteiger partial charge on any atom is 0.113 e. The zero-order chi connectivity index (χ0) is 12.8. The number of nitrogens with zero attached hydrogens (tertiary/aromatic N) is 2. The molecule has 2 bridgehead atoms. The summed E-state index contributed by atoms with van der Waals surface area (Å²) in [7, 11) is 2.30. The fourth-order valence-corrected chi connectivity index (χ4v) is 4.77. The first-order chi connectivity index (χ1) is 8.64. The van der Waals surface area contributed by atoms with Crippen LogP contribution in [0.4, 0.5) is 0 Å². The van der Waals surface area contributed by atoms with E-state index in [1.165, 1.54) is 36.4 Å². The van der Waals surface area contributed by atoms with Crippen LogP contribution < -0.4 is 5.32 Å². The topological polar surface area (TPSA) is 28.2 Å². The van der Waals surface area contributed by atoms with E-state index in [0.29, 0.717) is 0 Å². The van der Waals surface area contributed by atoms with Crippen LogP contribution in [0.1, 0.15) is 43.3 Å². The van der Waals surface area contributed by atoms with Gasteiger partial charge in [0.2, 0.25) is 0 Å². The van der Waals surface area contributed by atoms with Gasteiger partial charge in [0.05, 0.1) is 5.54 Å². The SMILES string of the molecule is CCNC1(c2nc(C)cs2)CC2CCC(C1)N2C. The van der Waals surface area contributed by atoms with Crippen LogP contribution in [-0.4, -0.2) is 35.6 Å². The minimum atomic E-state index is 0.145. The summed E-state index contributed by atoms with van der Waals surface area (Å²) in [5.74, 6) is 0. The van der Waals surface area contributed by atoms with E-state index >= 15 is 0 Å². The summed E-state index contributed by atoms with van der Waals surface area (Å²) in [6, 6.07) is 1.49. The fraction of sp³-hybridized carbons (Fsp3) is 0.786. The zero-order valence-corrected chi connectivity index (χ0v) is 12.4. The Labute approximate surface area is 114 Å². The molecule has 2 aliphatic rings. The lowest BCUT2D eigenvalue weighted by Crippen LogP contribution is -2.54. The lowest BCUT2D eigenvalue weighted by molar-refractivity contribution is 0.0898. The molecule has 2 saturated heterocycles. The Balaban J connectivity index is 1.93. The number of rotatable bonds is 3. The van der Waals surface area contributed by atoms with Gasteiger partial charge in [-0.1, -0.05) is 6.92 Å². The van der Waals surface area contributed by atoms with E-state index in [0.717, 1.165) is 18.6 Å². The number of aryl methyl sites for hydroxylation is 1. The average Bonchev–Trinajstić information content (AvgIpc) is 2.84. The molecule has 2 aliphatic heterocycles. The summed E-state index contributed by atoms with van der Waals surface area (Å²) in [5.41, 5.74) is 1.31. The molecule has 2 atom stereocenters. The summed E-state index contributed by atoms with van der Waals surface area (Å²) >= 11 is 1.84. The third kappa shape index (κ3) is 1.91. The number of hydrogen-bond acceptors (Lipinski definition) is 4. The molecule has 0 aromatic carbocycles. The van der Waals surface area contributed by atoms with Crippen LogP contribution in [0.3, 0.4) is 0 Å². The molecular weight excluding hydrogens is 242 g/mol. The van der Waals surface area contributed by atoms with Crippen molar-refractivity contribution in [2.75, 3.05) is 13.6 Å². The van der Waals surface area contributed by atoms with Crippen LogP contribution in [0.2, 0.25) is 0 Å². The molecule has 3 rings (SSSR count). The second-order valence-corrected chi connectivity index (χ2v) is 6.72. The van der Waals surface area contributed by atoms with E-state index in [2.05, 4.69) is 36.5 Å². The zero-order valence-electron chi connectivity index (χ0n) is 11.6. The van der Waals surface area contributed by atoms with Gasteiger partial charge < -0.3 is 10.2 Å². The van der Waals surface area contributed by atoms with Gasteiger partial charge in [0, 0.05) is 23.2 Å². The highest BCUT2D eigenvalue weighted by Crippen LogP contribution is 2.45. The molecule has 4 heteroatoms. The lowest BCUT2D eigenvalue weighted by Gasteiger charge is -2.44. The number of fused-ring (bicyclic) bond motifs is 2. The van der Waals surface area contributed by atoms with Gasteiger partial charge in [0.15, 0.2) is 0 Å². The summed E-state index contributed by atoms with van der Waals surface area (Å²) in [5, 5.41) is 7.27. The second kappa shape index (κ2) is 4.58. The summed E-state index contributed by atoms with van der Waals surface area (Å²) < 4.78 is 0. The number of piperidine rings is 1. The third-order valence-electron chi connectivity index (χ3n) is 4.70. The van der Waals surface area contributed by atoms with Crippen molar-refractivity contribution in [1.29, 1.82) is 0 Å². The maximum atomic E-state index is 4.78. The normalized spacial score (nSPS) is 36.2. The number of thiazole rings is 1. The molecule has 2 unspecified atom stereocenters. The molecule has 18 heavy (non-hydrogen) atoms. The van der Waals surface area contributed by atoms with Crippen molar-refractivity contribution in [2.24, 2.45) is 0 Å². The monoisotopic (exact) mass is 265 g/mol. The minimum absolute atomic E-state index is 0.145. The highest BCUT2D eigenvalue weighted by Gasteiger charge is 2.48. The van der Waals surface area contributed by atoms with Gasteiger partial charge in [-0.3, -0.25) is 0 Å². The Morgan fingerprint density at radius 2 is 2.11 bits per heavy atom. The van der Waals surface area contributed by atoms with Crippen LogP contribution >= 0.6 is 11.3 Å². The molecule has 0 radical (unpaired) electrons. The Bertz CT molecular complexity index is 414. The van der Waals surface area contributed by atoms with Crippen LogP contribution in [0.5, 0.6) is 0 Å². The predicted molar refractivity (Wildman–Crippen MR) is 76.0 cm³/mol. The highest BCUT2D eigenvalue weighted by atomic mass is 32.1. The van der Waals surface area contributed by atoms with E-state index in [4.69, 9.17) is 4.98 Å². The van der Waals surface area contributed by atoms with Gasteiger partial charge in [0.25, 0.3) is 0 Å². The quantitative estimate of drug-likeness (QED) is 0.910. The Morgan fingerprint density at radius 1 is 1.44 bits per heavy atom. The van der Waals surface area contributed by atoms with Crippen molar-refractivity contribution in [3.05, 3.63) is 16.1 Å². The average molecular weight is 265 g/mol. The van der Waals surface area contributed by atoms with Crippen LogP contribution in [0.25, 0.3) is 0 Å². The molecular formula is C14H23N3S. The summed E-state index contributed by atoms with van der Waals surface area (Å²) in [6.07, 6.45) is 5.17.